The number of benzene rings is 4. The topological polar surface area (TPSA) is 349 Å². The number of aromatic hydroxyl groups is 1. The molecule has 0 aliphatic carbocycles. The number of aliphatic carboxylic acids is 1. The first-order valence-electron chi connectivity index (χ1n) is 25.4. The zero-order valence-corrected chi connectivity index (χ0v) is 44.1. The van der Waals surface area contributed by atoms with E-state index in [1.807, 2.05) is 73.0 Å². The number of phenols is 1. The molecule has 7 aromatic rings. The minimum Gasteiger partial charge on any atom is -0.508 e. The first kappa shape index (κ1) is 57.1. The van der Waals surface area contributed by atoms with E-state index in [1.54, 1.807) is 38.5 Å². The number of carbonyl (C=O) groups excluding carboxylic acids is 7. The molecule has 22 heteroatoms. The van der Waals surface area contributed by atoms with Crippen molar-refractivity contribution in [2.45, 2.75) is 94.7 Å². The van der Waals surface area contributed by atoms with Gasteiger partial charge < -0.3 is 68.5 Å². The molecule has 3 heterocycles. The van der Waals surface area contributed by atoms with E-state index in [2.05, 4.69) is 46.9 Å². The number of hydrogen-bond donors (Lipinski definition) is 13. The van der Waals surface area contributed by atoms with Crippen molar-refractivity contribution >= 4 is 91.8 Å². The van der Waals surface area contributed by atoms with Crippen LogP contribution in [0.25, 0.3) is 32.7 Å². The molecule has 0 saturated carbocycles. The molecule has 7 rings (SSSR count). The number of carboxylic acid groups (broad SMARTS) is 1. The van der Waals surface area contributed by atoms with Crippen molar-refractivity contribution in [2.75, 3.05) is 12.0 Å². The summed E-state index contributed by atoms with van der Waals surface area (Å²) in [5.41, 5.74) is 16.4. The van der Waals surface area contributed by atoms with Crippen molar-refractivity contribution in [2.24, 2.45) is 17.4 Å². The van der Waals surface area contributed by atoms with Gasteiger partial charge in [0.1, 0.15) is 42.0 Å². The van der Waals surface area contributed by atoms with Crippen molar-refractivity contribution in [1.82, 2.24) is 46.9 Å². The minimum atomic E-state index is -1.53. The molecule has 4 aromatic carbocycles. The van der Waals surface area contributed by atoms with Gasteiger partial charge in [0.15, 0.2) is 0 Å². The number of rotatable bonds is 27. The SMILES string of the molecule is CSCC[C@H](NC(=O)[C@@H](Cc1c[nH]c2ccccc12)NC(=O)[C@@H](Cc1c[nH]c2ccccc12)NC(=O)[C@@H](NC(=O)[C@@H](Cc1c[nH]c2ccccc12)NC(=O)[C@H](Cc1ccc(O)cc1)NC(=O)[C@@H](N)CC(=O)O)C(C)C)C(N)=O. The fourth-order valence-corrected chi connectivity index (χ4v) is 9.69. The average molecular weight is 1080 g/mol. The number of H-pyrrole nitrogens is 3. The van der Waals surface area contributed by atoms with Gasteiger partial charge in [-0.2, -0.15) is 11.8 Å². The van der Waals surface area contributed by atoms with Crippen LogP contribution < -0.4 is 43.4 Å². The van der Waals surface area contributed by atoms with Crippen molar-refractivity contribution < 1.29 is 48.6 Å². The van der Waals surface area contributed by atoms with Crippen LogP contribution >= 0.6 is 11.8 Å². The largest absolute Gasteiger partial charge is 0.508 e. The monoisotopic (exact) mass is 1080 g/mol. The second-order valence-electron chi connectivity index (χ2n) is 19.5. The number of aromatic amines is 3. The van der Waals surface area contributed by atoms with Crippen LogP contribution in [0.3, 0.4) is 0 Å². The third kappa shape index (κ3) is 14.8. The smallest absolute Gasteiger partial charge is 0.305 e. The molecule has 3 aromatic heterocycles. The molecule has 15 N–H and O–H groups in total. The van der Waals surface area contributed by atoms with E-state index in [4.69, 9.17) is 11.5 Å². The van der Waals surface area contributed by atoms with Crippen LogP contribution in [0.1, 0.15) is 48.9 Å². The standard InChI is InChI=1S/C56H65N11O10S/c1-30(2)49(67-55(76)47(25-34-29-61-42-15-9-6-12-38(34)42)65-52(73)44(22-31-16-18-35(68)19-17-31)63-51(72)39(57)26-48(69)70)56(77)66-46(24-33-28-60-41-14-8-5-11-37(33)41)54(75)64-45(53(74)62-43(50(58)71)20-21-78-3)23-32-27-59-40-13-7-4-10-36(32)40/h4-19,27-30,39,43-47,49,59-61,68H,20-26,57H2,1-3H3,(H2,58,71)(H,62,74)(H,63,72)(H,64,75)(H,65,73)(H,66,77)(H,67,76)(H,69,70)/t39-,43-,44-,45+,46+,47+,49-/m0/s1. The highest BCUT2D eigenvalue weighted by atomic mass is 32.2. The average Bonchev–Trinajstić information content (AvgIpc) is 4.18. The van der Waals surface area contributed by atoms with Crippen LogP contribution in [-0.2, 0) is 64.0 Å². The van der Waals surface area contributed by atoms with Gasteiger partial charge in [0.25, 0.3) is 0 Å². The third-order valence-electron chi connectivity index (χ3n) is 13.5. The Labute approximate surface area is 453 Å². The highest BCUT2D eigenvalue weighted by Crippen LogP contribution is 2.23. The molecule has 0 saturated heterocycles. The lowest BCUT2D eigenvalue weighted by molar-refractivity contribution is -0.140. The van der Waals surface area contributed by atoms with Crippen LogP contribution in [0.4, 0.5) is 0 Å². The molecular weight excluding hydrogens is 1020 g/mol. The van der Waals surface area contributed by atoms with Gasteiger partial charge in [0.05, 0.1) is 12.5 Å². The van der Waals surface area contributed by atoms with Crippen molar-refractivity contribution in [1.29, 1.82) is 0 Å². The molecule has 0 radical (unpaired) electrons. The van der Waals surface area contributed by atoms with Crippen molar-refractivity contribution in [3.63, 3.8) is 0 Å². The molecule has 0 aliphatic heterocycles. The second-order valence-corrected chi connectivity index (χ2v) is 20.5. The molecule has 78 heavy (non-hydrogen) atoms. The summed E-state index contributed by atoms with van der Waals surface area (Å²) in [4.78, 5) is 120. The molecule has 0 fully saturated rings. The molecule has 0 spiro atoms. The molecule has 21 nitrogen and oxygen atoms in total. The Morgan fingerprint density at radius 1 is 0.526 bits per heavy atom. The molecule has 7 amide bonds. The number of phenolic OH excluding ortho intramolecular Hbond substituents is 1. The van der Waals surface area contributed by atoms with Crippen LogP contribution in [-0.4, -0.2) is 127 Å². The van der Waals surface area contributed by atoms with Gasteiger partial charge in [-0.3, -0.25) is 38.4 Å². The number of hydrogen-bond acceptors (Lipinski definition) is 11. The lowest BCUT2D eigenvalue weighted by Gasteiger charge is -2.29. The summed E-state index contributed by atoms with van der Waals surface area (Å²) < 4.78 is 0. The van der Waals surface area contributed by atoms with Gasteiger partial charge in [-0.1, -0.05) is 80.6 Å². The van der Waals surface area contributed by atoms with Crippen LogP contribution in [0.2, 0.25) is 0 Å². The number of primary amides is 1. The molecule has 0 bridgehead atoms. The zero-order valence-electron chi connectivity index (χ0n) is 43.3. The minimum absolute atomic E-state index is 0.0216. The normalized spacial score (nSPS) is 14.1. The fourth-order valence-electron chi connectivity index (χ4n) is 9.21. The quantitative estimate of drug-likeness (QED) is 0.0354. The molecule has 7 atom stereocenters. The summed E-state index contributed by atoms with van der Waals surface area (Å²) in [5, 5.41) is 38.2. The first-order valence-corrected chi connectivity index (χ1v) is 26.8. The zero-order chi connectivity index (χ0) is 56.0. The number of aromatic nitrogens is 3. The number of para-hydroxylation sites is 3. The second kappa shape index (κ2) is 26.4. The number of nitrogens with two attached hydrogens (primary N) is 2. The van der Waals surface area contributed by atoms with Crippen LogP contribution in [0.5, 0.6) is 5.75 Å². The van der Waals surface area contributed by atoms with Gasteiger partial charge in [0.2, 0.25) is 41.4 Å². The summed E-state index contributed by atoms with van der Waals surface area (Å²) in [6.45, 7) is 3.37. The molecule has 0 aliphatic rings. The molecule has 410 valence electrons. The van der Waals surface area contributed by atoms with E-state index in [0.717, 1.165) is 32.7 Å². The van der Waals surface area contributed by atoms with Gasteiger partial charge in [-0.05, 0) is 76.9 Å². The predicted octanol–water partition coefficient (Wildman–Crippen LogP) is 2.71. The fraction of sp³-hybridized carbons (Fsp3) is 0.321. The summed E-state index contributed by atoms with van der Waals surface area (Å²) >= 11 is 1.47. The Morgan fingerprint density at radius 3 is 1.32 bits per heavy atom. The van der Waals surface area contributed by atoms with E-state index in [1.165, 1.54) is 36.0 Å². The summed E-state index contributed by atoms with van der Waals surface area (Å²) in [6.07, 6.45) is 6.11. The highest BCUT2D eigenvalue weighted by Gasteiger charge is 2.36. The number of fused-ring (bicyclic) bond motifs is 3. The Hall–Kier alpha value is -8.63. The number of nitrogens with one attached hydrogen (secondary N) is 9. The van der Waals surface area contributed by atoms with Gasteiger partial charge >= 0.3 is 5.97 Å². The summed E-state index contributed by atoms with van der Waals surface area (Å²) in [5.74, 6) is -7.06. The summed E-state index contributed by atoms with van der Waals surface area (Å²) in [7, 11) is 0. The Bertz CT molecular complexity index is 3280. The number of thioether (sulfide) groups is 1. The highest BCUT2D eigenvalue weighted by molar-refractivity contribution is 7.98. The third-order valence-corrected chi connectivity index (χ3v) is 14.1. The maximum absolute atomic E-state index is 14.9. The van der Waals surface area contributed by atoms with Gasteiger partial charge in [-0.15, -0.1) is 0 Å². The first-order chi connectivity index (χ1) is 37.4. The maximum atomic E-state index is 14.9. The number of carbonyl (C=O) groups is 8. The van der Waals surface area contributed by atoms with E-state index >= 15 is 0 Å². The summed E-state index contributed by atoms with van der Waals surface area (Å²) in [6, 6.07) is 18.6. The van der Waals surface area contributed by atoms with Crippen LogP contribution in [0.15, 0.2) is 116 Å². The lowest BCUT2D eigenvalue weighted by Crippen LogP contribution is -2.61. The van der Waals surface area contributed by atoms with Gasteiger partial charge in [-0.25, -0.2) is 0 Å². The van der Waals surface area contributed by atoms with E-state index in [-0.39, 0.29) is 37.9 Å². The van der Waals surface area contributed by atoms with E-state index < -0.39 is 102 Å². The Morgan fingerprint density at radius 2 is 0.910 bits per heavy atom. The number of amides is 7. The van der Waals surface area contributed by atoms with Crippen LogP contribution in [0, 0.1) is 5.92 Å². The molecule has 0 unspecified atom stereocenters. The molecular formula is C56H65N11O10S. The van der Waals surface area contributed by atoms with E-state index in [0.29, 0.717) is 28.0 Å². The Kier molecular flexibility index (Phi) is 19.3. The Balaban J connectivity index is 1.19. The maximum Gasteiger partial charge on any atom is 0.305 e. The van der Waals surface area contributed by atoms with Crippen molar-refractivity contribution in [3.05, 3.63) is 138 Å². The van der Waals surface area contributed by atoms with E-state index in [9.17, 15) is 48.6 Å². The number of carboxylic acids is 1. The van der Waals surface area contributed by atoms with Gasteiger partial charge in [0, 0.05) is 77.0 Å². The predicted molar refractivity (Wildman–Crippen MR) is 297 cm³/mol. The lowest BCUT2D eigenvalue weighted by atomic mass is 9.98. The van der Waals surface area contributed by atoms with Crippen molar-refractivity contribution in [3.8, 4) is 5.75 Å².